The molecule has 0 radical (unpaired) electrons. The quantitative estimate of drug-likeness (QED) is 0.0434. The summed E-state index contributed by atoms with van der Waals surface area (Å²) in [6, 6.07) is 0. The number of unbranched alkanes of at least 4 members (excludes halogenated alkanes) is 1. The zero-order chi connectivity index (χ0) is 32.1. The van der Waals surface area contributed by atoms with E-state index in [1.807, 2.05) is 0 Å². The molecular weight excluding hydrogens is 1090 g/mol. The molecule has 14 nitrogen and oxygen atoms in total. The Bertz CT molecular complexity index is 436. The van der Waals surface area contributed by atoms with Crippen LogP contribution in [0.3, 0.4) is 0 Å². The largest absolute Gasteiger partial charge is 0.553 e. The van der Waals surface area contributed by atoms with Crippen LogP contribution in [-0.4, -0.2) is 148 Å². The van der Waals surface area contributed by atoms with Gasteiger partial charge in [0.05, 0.1) is 50.8 Å². The van der Waals surface area contributed by atoms with Gasteiger partial charge in [-0.3, -0.25) is 0 Å². The molecule has 44 heavy (non-hydrogen) atoms. The second kappa shape index (κ2) is 44.9. The molecule has 16 heteroatoms. The Balaban J connectivity index is -0.000000182. The van der Waals surface area contributed by atoms with Crippen molar-refractivity contribution in [3.8, 4) is 0 Å². The van der Waals surface area contributed by atoms with Crippen molar-refractivity contribution in [2.45, 2.75) is 62.9 Å². The third kappa shape index (κ3) is 49.1. The van der Waals surface area contributed by atoms with Gasteiger partial charge in [0.15, 0.2) is 0 Å². The van der Waals surface area contributed by atoms with Crippen LogP contribution in [0.25, 0.3) is 0 Å². The maximum absolute atomic E-state index is 9.33. The predicted molar refractivity (Wildman–Crippen MR) is 154 cm³/mol. The summed E-state index contributed by atoms with van der Waals surface area (Å²) in [4.78, 5) is 0. The van der Waals surface area contributed by atoms with Crippen LogP contribution < -0.4 is 0 Å². The van der Waals surface area contributed by atoms with Crippen molar-refractivity contribution in [2.24, 2.45) is 0 Å². The Morgan fingerprint density at radius 1 is 0.386 bits per heavy atom. The molecule has 0 amide bonds. The molecule has 0 aromatic carbocycles. The molecular formula is C28H58O14Rf2-4. The molecule has 6 N–H and O–H groups in total. The van der Waals surface area contributed by atoms with Crippen LogP contribution in [0.15, 0.2) is 0 Å². The van der Waals surface area contributed by atoms with Crippen LogP contribution in [0.2, 0.25) is 0 Å². The van der Waals surface area contributed by atoms with Crippen LogP contribution >= 0.6 is 0 Å². The number of aliphatic hydroxyl groups excluding tert-OH is 6. The fraction of sp³-hybridized carbons (Fsp3) is 0.857. The van der Waals surface area contributed by atoms with E-state index in [0.29, 0.717) is 78.5 Å². The molecule has 4 atom stereocenters. The zero-order valence-corrected chi connectivity index (χ0v) is 39.4. The molecule has 0 fully saturated rings. The molecule has 0 saturated heterocycles. The monoisotopic (exact) mass is 1150 g/mol. The van der Waals surface area contributed by atoms with Gasteiger partial charge in [-0.15, -0.1) is 0 Å². The van der Waals surface area contributed by atoms with Gasteiger partial charge in [0, 0.05) is 66.1 Å². The van der Waals surface area contributed by atoms with Gasteiger partial charge in [0.2, 0.25) is 0 Å². The van der Waals surface area contributed by atoms with Gasteiger partial charge in [-0.2, -0.15) is 0 Å². The van der Waals surface area contributed by atoms with Crippen molar-refractivity contribution in [3.05, 3.63) is 28.4 Å². The Labute approximate surface area is 252 Å². The maximum atomic E-state index is 9.33. The van der Waals surface area contributed by atoms with Crippen LogP contribution in [0.1, 0.15) is 38.5 Å². The summed E-state index contributed by atoms with van der Waals surface area (Å²) >= 11 is 0. The summed E-state index contributed by atoms with van der Waals surface area (Å²) in [5.74, 6) is 0. The number of aliphatic hydroxyl groups is 6. The third-order valence-electron chi connectivity index (χ3n) is 4.92. The van der Waals surface area contributed by atoms with Gasteiger partial charge < -0.3 is 68.5 Å². The first-order valence-electron chi connectivity index (χ1n) is 14.1. The standard InChI is InChI=1S/C14H28O6.2C7H15O4.2Rf/c1-17-11-13(15)5-9-19-7-3-4-8-20-10-6-14(16)12-18-2;2*1-10-6-7(9)2-4-11-5-3-8;;/h13-16H,1-12H2;2*7-9H,1-6H2;;/q-2;2*-1;;. The summed E-state index contributed by atoms with van der Waals surface area (Å²) < 4.78 is 38.6. The smallest absolute Gasteiger partial charge is 0.0765 e. The molecule has 4 unspecified atom stereocenters. The third-order valence-corrected chi connectivity index (χ3v) is 4.92. The Morgan fingerprint density at radius 3 is 0.818 bits per heavy atom. The molecule has 0 rings (SSSR count). The van der Waals surface area contributed by atoms with Crippen molar-refractivity contribution < 1.29 is 68.5 Å². The summed E-state index contributed by atoms with van der Waals surface area (Å²) in [6.45, 7) is 4.80. The topological polar surface area (TPSA) is 195 Å². The number of ether oxygens (including phenoxy) is 8. The molecule has 0 spiro atoms. The van der Waals surface area contributed by atoms with Crippen LogP contribution in [-0.2, 0) is 37.9 Å². The van der Waals surface area contributed by atoms with Gasteiger partial charge >= 0.3 is 0 Å². The minimum absolute atomic E-state index is 0. The normalized spacial score (nSPS) is 13.2. The number of hydrogen-bond donors (Lipinski definition) is 6. The summed E-state index contributed by atoms with van der Waals surface area (Å²) in [7, 11) is 12.7. The van der Waals surface area contributed by atoms with Crippen molar-refractivity contribution in [1.29, 1.82) is 0 Å². The number of hydrogen-bond acceptors (Lipinski definition) is 14. The van der Waals surface area contributed by atoms with Gasteiger partial charge in [-0.05, 0) is 38.5 Å². The van der Waals surface area contributed by atoms with E-state index in [1.54, 1.807) is 0 Å². The molecule has 0 aliphatic carbocycles. The Hall–Kier alpha value is -2.56. The van der Waals surface area contributed by atoms with Crippen molar-refractivity contribution in [2.75, 3.05) is 92.5 Å². The van der Waals surface area contributed by atoms with Crippen LogP contribution in [0.4, 0.5) is 0 Å². The maximum Gasteiger partial charge on any atom is 0.0765 e. The molecule has 0 heterocycles. The minimum atomic E-state index is -0.522. The molecule has 0 bridgehead atoms. The van der Waals surface area contributed by atoms with E-state index in [4.69, 9.17) is 39.4 Å². The van der Waals surface area contributed by atoms with Gasteiger partial charge in [-0.1, -0.05) is 0 Å². The molecule has 0 aliphatic rings. The van der Waals surface area contributed by atoms with Crippen LogP contribution in [0.5, 0.6) is 0 Å². The second-order valence-electron chi connectivity index (χ2n) is 8.86. The van der Waals surface area contributed by atoms with E-state index in [1.165, 1.54) is 0 Å². The van der Waals surface area contributed by atoms with Crippen molar-refractivity contribution in [1.82, 2.24) is 0 Å². The van der Waals surface area contributed by atoms with E-state index >= 15 is 0 Å². The summed E-state index contributed by atoms with van der Waals surface area (Å²) in [6.07, 6.45) is 1.88. The van der Waals surface area contributed by atoms with E-state index in [9.17, 15) is 10.2 Å². The first-order chi connectivity index (χ1) is 20.3. The fourth-order valence-corrected chi connectivity index (χ4v) is 2.70. The Morgan fingerprint density at radius 2 is 0.614 bits per heavy atom. The van der Waals surface area contributed by atoms with E-state index in [2.05, 4.69) is 47.4 Å². The summed E-state index contributed by atoms with van der Waals surface area (Å²) in [5.41, 5.74) is 0. The van der Waals surface area contributed by atoms with Gasteiger partial charge in [-0.25, -0.2) is 28.4 Å². The molecule has 0 aliphatic heterocycles. The molecule has 0 saturated carbocycles. The zero-order valence-electron chi connectivity index (χ0n) is 26.6. The predicted octanol–water partition coefficient (Wildman–Crippen LogP) is 0.0272. The Kier molecular flexibility index (Phi) is 52.1. The van der Waals surface area contributed by atoms with Gasteiger partial charge in [0.1, 0.15) is 0 Å². The number of rotatable bonds is 29. The fourth-order valence-electron chi connectivity index (χ4n) is 2.70. The van der Waals surface area contributed by atoms with E-state index < -0.39 is 24.4 Å². The molecule has 262 valence electrons. The minimum Gasteiger partial charge on any atom is -0.553 e. The van der Waals surface area contributed by atoms with Crippen LogP contribution in [0, 0.1) is 28.4 Å². The molecule has 0 aromatic heterocycles. The average Bonchev–Trinajstić information content (AvgIpc) is 2.96. The first-order valence-corrected chi connectivity index (χ1v) is 14.1. The average molecular weight is 1150 g/mol. The van der Waals surface area contributed by atoms with Gasteiger partial charge in [0.25, 0.3) is 0 Å². The second-order valence-corrected chi connectivity index (χ2v) is 8.86. The first kappa shape index (κ1) is 51.0. The molecule has 0 aromatic rings. The summed E-state index contributed by atoms with van der Waals surface area (Å²) in [5, 5.41) is 53.4. The van der Waals surface area contributed by atoms with Crippen molar-refractivity contribution >= 4 is 0 Å². The van der Waals surface area contributed by atoms with E-state index in [0.717, 1.165) is 12.8 Å². The SMILES string of the molecule is [CH2-]OCC(O)CCOCCCCOCCC(O)CO[CH2-].[CH2-]OCC(O)CCOCCO.[CH2-]OCC(O)CCOCCO.[Rf].[Rf]. The van der Waals surface area contributed by atoms with Crippen molar-refractivity contribution in [3.63, 3.8) is 0 Å². The van der Waals surface area contributed by atoms with E-state index in [-0.39, 0.29) is 39.6 Å².